The monoisotopic (exact) mass is 365 g/mol. The third-order valence-corrected chi connectivity index (χ3v) is 5.28. The highest BCUT2D eigenvalue weighted by Crippen LogP contribution is 2.38. The molecule has 2 aromatic rings. The Kier molecular flexibility index (Phi) is 5.18. The highest BCUT2D eigenvalue weighted by atomic mass is 35.5. The van der Waals surface area contributed by atoms with E-state index in [4.69, 9.17) is 21.1 Å². The van der Waals surface area contributed by atoms with Crippen molar-refractivity contribution in [2.75, 3.05) is 25.6 Å². The summed E-state index contributed by atoms with van der Waals surface area (Å²) in [5, 5.41) is 3.41. The lowest BCUT2D eigenvalue weighted by Gasteiger charge is -2.09. The van der Waals surface area contributed by atoms with E-state index in [0.29, 0.717) is 35.2 Å². The zero-order valence-electron chi connectivity index (χ0n) is 13.0. The van der Waals surface area contributed by atoms with Gasteiger partial charge < -0.3 is 14.8 Å². The van der Waals surface area contributed by atoms with Crippen LogP contribution in [0.3, 0.4) is 0 Å². The summed E-state index contributed by atoms with van der Waals surface area (Å²) >= 11 is 7.47. The third kappa shape index (κ3) is 3.45. The molecule has 5 nitrogen and oxygen atoms in total. The predicted octanol–water partition coefficient (Wildman–Crippen LogP) is 3.83. The van der Waals surface area contributed by atoms with Crippen LogP contribution >= 0.6 is 22.9 Å². The fourth-order valence-corrected chi connectivity index (χ4v) is 3.86. The molecular formula is C17H16ClNO4S. The molecule has 24 heavy (non-hydrogen) atoms. The number of halogens is 1. The fraction of sp³-hybridized carbons (Fsp3) is 0.294. The smallest absolute Gasteiger partial charge is 0.350 e. The fourth-order valence-electron chi connectivity index (χ4n) is 2.50. The van der Waals surface area contributed by atoms with Crippen molar-refractivity contribution in [3.63, 3.8) is 0 Å². The van der Waals surface area contributed by atoms with E-state index in [1.165, 1.54) is 18.4 Å². The van der Waals surface area contributed by atoms with E-state index in [2.05, 4.69) is 5.32 Å². The van der Waals surface area contributed by atoms with E-state index in [9.17, 15) is 9.59 Å². The topological polar surface area (TPSA) is 64.6 Å². The maximum Gasteiger partial charge on any atom is 0.350 e. The molecule has 1 amide bonds. The molecule has 0 radical (unpaired) electrons. The number of carbonyl (C=O) groups excluding carboxylic acids is 2. The van der Waals surface area contributed by atoms with Crippen LogP contribution in [0.25, 0.3) is 10.4 Å². The van der Waals surface area contributed by atoms with Gasteiger partial charge >= 0.3 is 5.97 Å². The maximum absolute atomic E-state index is 12.3. The largest absolute Gasteiger partial charge is 0.465 e. The molecule has 0 spiro atoms. The van der Waals surface area contributed by atoms with Gasteiger partial charge in [0.25, 0.3) is 0 Å². The highest BCUT2D eigenvalue weighted by Gasteiger charge is 2.26. The van der Waals surface area contributed by atoms with Gasteiger partial charge in [0.15, 0.2) is 0 Å². The van der Waals surface area contributed by atoms with Crippen LogP contribution in [-0.4, -0.2) is 32.2 Å². The Labute approximate surface area is 148 Å². The van der Waals surface area contributed by atoms with Crippen molar-refractivity contribution in [3.05, 3.63) is 40.2 Å². The number of nitrogens with one attached hydrogen (secondary N) is 1. The van der Waals surface area contributed by atoms with Crippen molar-refractivity contribution in [2.45, 2.75) is 6.42 Å². The predicted molar refractivity (Wildman–Crippen MR) is 93.7 cm³/mol. The lowest BCUT2D eigenvalue weighted by Crippen LogP contribution is -2.23. The second kappa shape index (κ2) is 7.34. The quantitative estimate of drug-likeness (QED) is 0.836. The summed E-state index contributed by atoms with van der Waals surface area (Å²) < 4.78 is 10.1. The molecule has 1 unspecified atom stereocenters. The first-order valence-corrected chi connectivity index (χ1v) is 8.65. The Bertz CT molecular complexity index is 768. The number of hydrogen-bond acceptors (Lipinski definition) is 5. The number of amides is 1. The van der Waals surface area contributed by atoms with Crippen molar-refractivity contribution in [3.8, 4) is 10.4 Å². The average Bonchev–Trinajstić information content (AvgIpc) is 3.24. The zero-order valence-corrected chi connectivity index (χ0v) is 14.6. The maximum atomic E-state index is 12.3. The van der Waals surface area contributed by atoms with Crippen LogP contribution in [0.4, 0.5) is 5.69 Å². The van der Waals surface area contributed by atoms with Crippen molar-refractivity contribution < 1.29 is 19.1 Å². The first-order valence-electron chi connectivity index (χ1n) is 7.46. The second-order valence-electron chi connectivity index (χ2n) is 5.37. The molecule has 1 saturated heterocycles. The molecule has 7 heteroatoms. The van der Waals surface area contributed by atoms with Crippen LogP contribution in [0.1, 0.15) is 16.1 Å². The molecule has 1 aromatic carbocycles. The number of ether oxygens (including phenoxy) is 2. The van der Waals surface area contributed by atoms with Crippen molar-refractivity contribution in [2.24, 2.45) is 5.92 Å². The number of benzene rings is 1. The third-order valence-electron chi connectivity index (χ3n) is 3.80. The normalized spacial score (nSPS) is 16.8. The first kappa shape index (κ1) is 17.0. The minimum absolute atomic E-state index is 0.152. The second-order valence-corrected chi connectivity index (χ2v) is 6.83. The number of anilines is 1. The van der Waals surface area contributed by atoms with Gasteiger partial charge in [-0.25, -0.2) is 4.79 Å². The molecule has 1 aliphatic heterocycles. The van der Waals surface area contributed by atoms with Gasteiger partial charge in [0.2, 0.25) is 5.91 Å². The van der Waals surface area contributed by atoms with Gasteiger partial charge in [-0.3, -0.25) is 4.79 Å². The molecule has 1 N–H and O–H groups in total. The number of rotatable bonds is 4. The van der Waals surface area contributed by atoms with E-state index in [1.54, 1.807) is 12.1 Å². The number of methoxy groups -OCH3 is 1. The number of thiophene rings is 1. The number of esters is 1. The Morgan fingerprint density at radius 3 is 2.83 bits per heavy atom. The van der Waals surface area contributed by atoms with E-state index >= 15 is 0 Å². The Morgan fingerprint density at radius 2 is 2.17 bits per heavy atom. The van der Waals surface area contributed by atoms with Gasteiger partial charge in [0, 0.05) is 22.1 Å². The van der Waals surface area contributed by atoms with Crippen LogP contribution in [0.5, 0.6) is 0 Å². The van der Waals surface area contributed by atoms with Crippen LogP contribution in [0, 0.1) is 5.92 Å². The summed E-state index contributed by atoms with van der Waals surface area (Å²) in [5.74, 6) is -0.836. The van der Waals surface area contributed by atoms with Crippen molar-refractivity contribution >= 4 is 40.5 Å². The van der Waals surface area contributed by atoms with Crippen LogP contribution < -0.4 is 5.32 Å². The van der Waals surface area contributed by atoms with Gasteiger partial charge in [0.1, 0.15) is 4.88 Å². The number of hydrogen-bond donors (Lipinski definition) is 1. The first-order chi connectivity index (χ1) is 11.6. The molecular weight excluding hydrogens is 350 g/mol. The molecule has 0 bridgehead atoms. The van der Waals surface area contributed by atoms with E-state index in [1.807, 2.05) is 18.2 Å². The van der Waals surface area contributed by atoms with E-state index in [-0.39, 0.29) is 11.8 Å². The lowest BCUT2D eigenvalue weighted by molar-refractivity contribution is -0.119. The average molecular weight is 366 g/mol. The Morgan fingerprint density at radius 1 is 1.38 bits per heavy atom. The zero-order chi connectivity index (χ0) is 17.1. The highest BCUT2D eigenvalue weighted by molar-refractivity contribution is 7.18. The van der Waals surface area contributed by atoms with E-state index in [0.717, 1.165) is 10.4 Å². The lowest BCUT2D eigenvalue weighted by atomic mass is 10.1. The molecule has 1 atom stereocenters. The summed E-state index contributed by atoms with van der Waals surface area (Å²) in [5.41, 5.74) is 1.25. The van der Waals surface area contributed by atoms with Gasteiger partial charge in [-0.15, -0.1) is 11.3 Å². The molecule has 126 valence electrons. The van der Waals surface area contributed by atoms with Gasteiger partial charge in [-0.2, -0.15) is 0 Å². The van der Waals surface area contributed by atoms with Gasteiger partial charge in [-0.05, 0) is 18.6 Å². The van der Waals surface area contributed by atoms with Crippen LogP contribution in [-0.2, 0) is 14.3 Å². The minimum Gasteiger partial charge on any atom is -0.465 e. The van der Waals surface area contributed by atoms with Gasteiger partial charge in [-0.1, -0.05) is 29.8 Å². The van der Waals surface area contributed by atoms with Crippen LogP contribution in [0.2, 0.25) is 5.02 Å². The van der Waals surface area contributed by atoms with Crippen molar-refractivity contribution in [1.29, 1.82) is 0 Å². The summed E-state index contributed by atoms with van der Waals surface area (Å²) in [7, 11) is 1.31. The molecule has 3 rings (SSSR count). The summed E-state index contributed by atoms with van der Waals surface area (Å²) in [6.45, 7) is 0.983. The molecule has 2 heterocycles. The molecule has 0 saturated carbocycles. The summed E-state index contributed by atoms with van der Waals surface area (Å²) in [4.78, 5) is 25.5. The Hall–Kier alpha value is -1.89. The van der Waals surface area contributed by atoms with Gasteiger partial charge in [0.05, 0.1) is 25.3 Å². The number of carbonyl (C=O) groups is 2. The molecule has 1 aromatic heterocycles. The SMILES string of the molecule is COC(=O)c1sc(-c2ccccc2Cl)cc1NC(=O)C1CCOC1. The molecule has 0 aliphatic carbocycles. The molecule has 1 aliphatic rings. The standard InChI is InChI=1S/C17H16ClNO4S/c1-22-17(21)15-13(19-16(20)10-6-7-23-9-10)8-14(24-15)11-4-2-3-5-12(11)18/h2-5,8,10H,6-7,9H2,1H3,(H,19,20). The van der Waals surface area contributed by atoms with E-state index < -0.39 is 5.97 Å². The summed E-state index contributed by atoms with van der Waals surface area (Å²) in [6, 6.07) is 9.11. The van der Waals surface area contributed by atoms with Crippen molar-refractivity contribution in [1.82, 2.24) is 0 Å². The molecule has 1 fully saturated rings. The summed E-state index contributed by atoms with van der Waals surface area (Å²) in [6.07, 6.45) is 0.681. The Balaban J connectivity index is 1.93. The minimum atomic E-state index is -0.490. The van der Waals surface area contributed by atoms with Crippen LogP contribution in [0.15, 0.2) is 30.3 Å².